The highest BCUT2D eigenvalue weighted by Gasteiger charge is 2.52. The van der Waals surface area contributed by atoms with Crippen LogP contribution in [0.5, 0.6) is 0 Å². The Balaban J connectivity index is 1.67. The summed E-state index contributed by atoms with van der Waals surface area (Å²) in [6.45, 7) is 0. The van der Waals surface area contributed by atoms with Crippen LogP contribution in [0.3, 0.4) is 0 Å². The van der Waals surface area contributed by atoms with Crippen LogP contribution in [0.4, 0.5) is 17.6 Å². The highest BCUT2D eigenvalue weighted by atomic mass is 32.2. The van der Waals surface area contributed by atoms with Crippen LogP contribution in [-0.4, -0.2) is 10.0 Å². The molecule has 9 heteroatoms. The number of hydrogen-bond acceptors (Lipinski definition) is 5. The minimum absolute atomic E-state index is 0.131. The fraction of sp³-hybridized carbons (Fsp3) is 0.625. The Morgan fingerprint density at radius 3 is 1.68 bits per heavy atom. The SMILES string of the molecule is OOOSc1c(F)c(F)c(SC23CC4CC(CC(C4)C2)C3)c(F)c1F. The lowest BCUT2D eigenvalue weighted by Gasteiger charge is -2.56. The Morgan fingerprint density at radius 2 is 1.24 bits per heavy atom. The summed E-state index contributed by atoms with van der Waals surface area (Å²) in [5, 5.41) is 11.3. The molecule has 0 aliphatic heterocycles. The Morgan fingerprint density at radius 1 is 0.800 bits per heavy atom. The smallest absolute Gasteiger partial charge is 0.179 e. The van der Waals surface area contributed by atoms with Crippen molar-refractivity contribution < 1.29 is 32.2 Å². The third-order valence-corrected chi connectivity index (χ3v) is 7.78. The van der Waals surface area contributed by atoms with Gasteiger partial charge in [0.05, 0.1) is 16.9 Å². The van der Waals surface area contributed by atoms with Crippen molar-refractivity contribution in [2.75, 3.05) is 0 Å². The molecule has 4 aliphatic carbocycles. The fourth-order valence-electron chi connectivity index (χ4n) is 5.18. The van der Waals surface area contributed by atoms with E-state index >= 15 is 0 Å². The molecule has 3 nitrogen and oxygen atoms in total. The third kappa shape index (κ3) is 3.07. The molecule has 4 saturated carbocycles. The van der Waals surface area contributed by atoms with Gasteiger partial charge in [-0.25, -0.2) is 22.8 Å². The number of thioether (sulfide) groups is 1. The first-order chi connectivity index (χ1) is 11.9. The molecular formula is C16H16F4O3S2. The third-order valence-electron chi connectivity index (χ3n) is 5.63. The maximum absolute atomic E-state index is 14.4. The van der Waals surface area contributed by atoms with E-state index in [4.69, 9.17) is 5.26 Å². The number of hydrogen-bond donors (Lipinski definition) is 1. The minimum atomic E-state index is -1.55. The zero-order valence-corrected chi connectivity index (χ0v) is 14.7. The van der Waals surface area contributed by atoms with E-state index in [2.05, 4.69) is 9.37 Å². The van der Waals surface area contributed by atoms with Gasteiger partial charge in [-0.05, 0) is 56.3 Å². The summed E-state index contributed by atoms with van der Waals surface area (Å²) in [4.78, 5) is -1.63. The molecular weight excluding hydrogens is 380 g/mol. The first kappa shape index (κ1) is 17.9. The van der Waals surface area contributed by atoms with Gasteiger partial charge in [-0.3, -0.25) is 0 Å². The van der Waals surface area contributed by atoms with E-state index in [0.717, 1.165) is 50.3 Å². The molecule has 0 aromatic heterocycles. The van der Waals surface area contributed by atoms with Crippen LogP contribution < -0.4 is 0 Å². The van der Waals surface area contributed by atoms with Crippen molar-refractivity contribution in [1.82, 2.24) is 0 Å². The van der Waals surface area contributed by atoms with Gasteiger partial charge in [-0.15, -0.1) is 16.1 Å². The van der Waals surface area contributed by atoms with Crippen molar-refractivity contribution in [3.05, 3.63) is 23.3 Å². The van der Waals surface area contributed by atoms with Gasteiger partial charge < -0.3 is 0 Å². The van der Waals surface area contributed by atoms with Crippen molar-refractivity contribution in [3.63, 3.8) is 0 Å². The van der Waals surface area contributed by atoms with Crippen molar-refractivity contribution in [3.8, 4) is 0 Å². The molecule has 1 N–H and O–H groups in total. The number of benzene rings is 1. The number of halogens is 4. The largest absolute Gasteiger partial charge is 0.220 e. The summed E-state index contributed by atoms with van der Waals surface area (Å²) in [6, 6.07) is 0. The average molecular weight is 396 g/mol. The molecule has 0 spiro atoms. The zero-order valence-electron chi connectivity index (χ0n) is 13.1. The molecule has 1 aromatic carbocycles. The average Bonchev–Trinajstić information content (AvgIpc) is 2.56. The first-order valence-electron chi connectivity index (χ1n) is 8.12. The molecule has 0 radical (unpaired) electrons. The van der Waals surface area contributed by atoms with Gasteiger partial charge in [0.1, 0.15) is 4.90 Å². The molecule has 0 heterocycles. The molecule has 25 heavy (non-hydrogen) atoms. The Bertz CT molecular complexity index is 636. The van der Waals surface area contributed by atoms with E-state index in [1.807, 2.05) is 0 Å². The maximum Gasteiger partial charge on any atom is 0.179 e. The van der Waals surface area contributed by atoms with E-state index < -0.39 is 33.1 Å². The standard InChI is InChI=1S/C16H16F4O3S2/c17-10-12(19)15(25-23-22-21)13(20)11(18)14(10)24-16-4-7-1-8(5-16)3-9(2-7)6-16/h7-9,21H,1-6H2. The lowest BCUT2D eigenvalue weighted by atomic mass is 9.56. The second kappa shape index (κ2) is 6.60. The van der Waals surface area contributed by atoms with Crippen molar-refractivity contribution in [2.24, 2.45) is 17.8 Å². The van der Waals surface area contributed by atoms with E-state index in [9.17, 15) is 17.6 Å². The van der Waals surface area contributed by atoms with Crippen LogP contribution in [0, 0.1) is 41.0 Å². The first-order valence-corrected chi connectivity index (χ1v) is 9.68. The van der Waals surface area contributed by atoms with Gasteiger partial charge in [0, 0.05) is 4.75 Å². The summed E-state index contributed by atoms with van der Waals surface area (Å²) in [7, 11) is 0. The molecule has 0 unspecified atom stereocenters. The summed E-state index contributed by atoms with van der Waals surface area (Å²) in [5.41, 5.74) is 0. The Kier molecular flexibility index (Phi) is 4.73. The summed E-state index contributed by atoms with van der Waals surface area (Å²) in [5.74, 6) is -4.31. The maximum atomic E-state index is 14.4. The normalized spacial score (nSPS) is 33.2. The van der Waals surface area contributed by atoms with Gasteiger partial charge in [0.15, 0.2) is 23.3 Å². The van der Waals surface area contributed by atoms with Gasteiger partial charge in [-0.1, -0.05) is 5.04 Å². The predicted octanol–water partition coefficient (Wildman–Crippen LogP) is 5.73. The molecule has 0 amide bonds. The van der Waals surface area contributed by atoms with Crippen LogP contribution in [0.25, 0.3) is 0 Å². The second-order valence-electron chi connectivity index (χ2n) is 7.34. The van der Waals surface area contributed by atoms with E-state index in [1.54, 1.807) is 0 Å². The highest BCUT2D eigenvalue weighted by Crippen LogP contribution is 2.62. The molecule has 0 saturated heterocycles. The van der Waals surface area contributed by atoms with Crippen LogP contribution in [0.2, 0.25) is 0 Å². The Hall–Kier alpha value is -0.480. The number of rotatable bonds is 5. The minimum Gasteiger partial charge on any atom is -0.220 e. The molecule has 138 valence electrons. The summed E-state index contributed by atoms with van der Waals surface area (Å²) in [6.07, 6.45) is 5.97. The van der Waals surface area contributed by atoms with Gasteiger partial charge >= 0.3 is 0 Å². The van der Waals surface area contributed by atoms with Gasteiger partial charge in [-0.2, -0.15) is 0 Å². The van der Waals surface area contributed by atoms with Crippen LogP contribution in [-0.2, 0) is 9.37 Å². The lowest BCUT2D eigenvalue weighted by molar-refractivity contribution is -0.432. The molecule has 0 atom stereocenters. The van der Waals surface area contributed by atoms with Crippen molar-refractivity contribution in [2.45, 2.75) is 53.1 Å². The van der Waals surface area contributed by atoms with E-state index in [0.29, 0.717) is 17.8 Å². The van der Waals surface area contributed by atoms with Crippen LogP contribution >= 0.6 is 23.8 Å². The molecule has 1 aromatic rings. The van der Waals surface area contributed by atoms with E-state index in [-0.39, 0.29) is 16.8 Å². The van der Waals surface area contributed by atoms with Crippen LogP contribution in [0.15, 0.2) is 9.79 Å². The van der Waals surface area contributed by atoms with E-state index in [1.165, 1.54) is 0 Å². The molecule has 5 rings (SSSR count). The van der Waals surface area contributed by atoms with Gasteiger partial charge in [0.25, 0.3) is 0 Å². The lowest BCUT2D eigenvalue weighted by Crippen LogP contribution is -2.48. The van der Waals surface area contributed by atoms with Crippen molar-refractivity contribution in [1.29, 1.82) is 0 Å². The molecule has 4 aliphatic rings. The summed E-state index contributed by atoms with van der Waals surface area (Å²) < 4.78 is 60.8. The van der Waals surface area contributed by atoms with Crippen molar-refractivity contribution >= 4 is 23.8 Å². The topological polar surface area (TPSA) is 38.7 Å². The summed E-state index contributed by atoms with van der Waals surface area (Å²) >= 11 is 0.824. The van der Waals surface area contributed by atoms with Crippen LogP contribution in [0.1, 0.15) is 38.5 Å². The second-order valence-corrected chi connectivity index (χ2v) is 9.53. The Labute approximate surface area is 150 Å². The highest BCUT2D eigenvalue weighted by molar-refractivity contribution is 8.00. The quantitative estimate of drug-likeness (QED) is 0.226. The monoisotopic (exact) mass is 396 g/mol. The van der Waals surface area contributed by atoms with Gasteiger partial charge in [0.2, 0.25) is 0 Å². The molecule has 4 fully saturated rings. The zero-order chi connectivity index (χ0) is 17.8. The fourth-order valence-corrected chi connectivity index (χ4v) is 7.35. The molecule has 4 bridgehead atoms. The predicted molar refractivity (Wildman–Crippen MR) is 83.7 cm³/mol.